The SMILES string of the molecule is CC(C)CC[C@H]1[C@H]2C[C@H](CN(C(=O)c3cscn3)C2)[C@@H]2CCCCN21. The van der Waals surface area contributed by atoms with Gasteiger partial charge in [-0.3, -0.25) is 9.69 Å². The molecule has 4 atom stereocenters. The first-order valence-electron chi connectivity index (χ1n) is 10.1. The molecule has 3 aliphatic heterocycles. The molecule has 3 fully saturated rings. The van der Waals surface area contributed by atoms with Crippen molar-refractivity contribution in [2.45, 2.75) is 64.5 Å². The summed E-state index contributed by atoms with van der Waals surface area (Å²) in [5, 5.41) is 1.90. The van der Waals surface area contributed by atoms with Crippen LogP contribution in [0.1, 0.15) is 62.9 Å². The van der Waals surface area contributed by atoms with Crippen molar-refractivity contribution in [1.29, 1.82) is 0 Å². The summed E-state index contributed by atoms with van der Waals surface area (Å²) >= 11 is 1.52. The summed E-state index contributed by atoms with van der Waals surface area (Å²) in [6.45, 7) is 7.81. The van der Waals surface area contributed by atoms with Crippen molar-refractivity contribution in [2.24, 2.45) is 17.8 Å². The number of carbonyl (C=O) groups excluding carboxylic acids is 1. The van der Waals surface area contributed by atoms with E-state index in [1.54, 1.807) is 5.51 Å². The van der Waals surface area contributed by atoms with Crippen LogP contribution in [0.25, 0.3) is 0 Å². The van der Waals surface area contributed by atoms with Crippen molar-refractivity contribution in [1.82, 2.24) is 14.8 Å². The summed E-state index contributed by atoms with van der Waals surface area (Å²) < 4.78 is 0. The monoisotopic (exact) mass is 361 g/mol. The van der Waals surface area contributed by atoms with Gasteiger partial charge in [0.1, 0.15) is 5.69 Å². The third-order valence-electron chi connectivity index (χ3n) is 6.60. The first-order valence-corrected chi connectivity index (χ1v) is 11.0. The molecule has 4 heterocycles. The zero-order valence-corrected chi connectivity index (χ0v) is 16.4. The first kappa shape index (κ1) is 17.5. The Kier molecular flexibility index (Phi) is 5.14. The second-order valence-corrected chi connectivity index (χ2v) is 9.40. The highest BCUT2D eigenvalue weighted by atomic mass is 32.1. The number of amides is 1. The Morgan fingerprint density at radius 2 is 2.16 bits per heavy atom. The molecule has 0 radical (unpaired) electrons. The Morgan fingerprint density at radius 3 is 2.92 bits per heavy atom. The average Bonchev–Trinajstić information content (AvgIpc) is 3.15. The van der Waals surface area contributed by atoms with Crippen molar-refractivity contribution in [3.05, 3.63) is 16.6 Å². The van der Waals surface area contributed by atoms with Gasteiger partial charge in [0.15, 0.2) is 0 Å². The molecule has 1 aromatic heterocycles. The van der Waals surface area contributed by atoms with Crippen LogP contribution in [0.5, 0.6) is 0 Å². The van der Waals surface area contributed by atoms with Crippen LogP contribution < -0.4 is 0 Å². The second-order valence-electron chi connectivity index (χ2n) is 8.68. The highest BCUT2D eigenvalue weighted by molar-refractivity contribution is 7.07. The molecule has 138 valence electrons. The number of fused-ring (bicyclic) bond motifs is 4. The standard InChI is InChI=1S/C20H31N3OS/c1-14(2)6-7-19-16-9-15(18-5-3-4-8-23(18)19)10-22(11-16)20(24)17-12-25-13-21-17/h12-16,18-19H,3-11H2,1-2H3/t15-,16+,18+,19+/m1/s1. The number of piperidine rings is 3. The smallest absolute Gasteiger partial charge is 0.273 e. The number of hydrogen-bond donors (Lipinski definition) is 0. The number of aromatic nitrogens is 1. The third kappa shape index (κ3) is 3.50. The number of hydrogen-bond acceptors (Lipinski definition) is 4. The Labute approximate surface area is 155 Å². The lowest BCUT2D eigenvalue weighted by atomic mass is 9.71. The predicted molar refractivity (Wildman–Crippen MR) is 102 cm³/mol. The van der Waals surface area contributed by atoms with Gasteiger partial charge in [0.05, 0.1) is 5.51 Å². The lowest BCUT2D eigenvalue weighted by Crippen LogP contribution is -2.64. The molecule has 0 aromatic carbocycles. The molecule has 4 rings (SSSR count). The van der Waals surface area contributed by atoms with Gasteiger partial charge in [-0.05, 0) is 56.4 Å². The van der Waals surface area contributed by atoms with Crippen molar-refractivity contribution in [3.63, 3.8) is 0 Å². The van der Waals surface area contributed by atoms with Gasteiger partial charge in [0, 0.05) is 30.6 Å². The molecule has 0 saturated carbocycles. The lowest BCUT2D eigenvalue weighted by molar-refractivity contribution is -0.0682. The van der Waals surface area contributed by atoms with Crippen molar-refractivity contribution < 1.29 is 4.79 Å². The highest BCUT2D eigenvalue weighted by Crippen LogP contribution is 2.43. The number of rotatable bonds is 4. The molecule has 1 amide bonds. The fourth-order valence-corrected chi connectivity index (χ4v) is 5.98. The molecule has 2 bridgehead atoms. The number of likely N-dealkylation sites (tertiary alicyclic amines) is 1. The number of nitrogens with zero attached hydrogens (tertiary/aromatic N) is 3. The van der Waals surface area contributed by atoms with E-state index < -0.39 is 0 Å². The van der Waals surface area contributed by atoms with Gasteiger partial charge in [-0.15, -0.1) is 11.3 Å². The summed E-state index contributed by atoms with van der Waals surface area (Å²) in [4.78, 5) is 22.1. The molecule has 1 aromatic rings. The van der Waals surface area contributed by atoms with Crippen molar-refractivity contribution >= 4 is 17.2 Å². The normalized spacial score (nSPS) is 32.7. The van der Waals surface area contributed by atoms with E-state index in [1.165, 1.54) is 56.4 Å². The predicted octanol–water partition coefficient (Wildman–Crippen LogP) is 3.89. The van der Waals surface area contributed by atoms with Crippen LogP contribution in [0.3, 0.4) is 0 Å². The molecule has 0 unspecified atom stereocenters. The van der Waals surface area contributed by atoms with E-state index in [0.29, 0.717) is 29.6 Å². The summed E-state index contributed by atoms with van der Waals surface area (Å²) in [6, 6.07) is 1.38. The van der Waals surface area contributed by atoms with E-state index >= 15 is 0 Å². The molecule has 3 saturated heterocycles. The molecule has 0 aliphatic carbocycles. The summed E-state index contributed by atoms with van der Waals surface area (Å²) in [5.74, 6) is 2.23. The average molecular weight is 362 g/mol. The fraction of sp³-hybridized carbons (Fsp3) is 0.800. The number of thiazole rings is 1. The fourth-order valence-electron chi connectivity index (χ4n) is 5.46. The summed E-state index contributed by atoms with van der Waals surface area (Å²) in [7, 11) is 0. The molecule has 25 heavy (non-hydrogen) atoms. The van der Waals surface area contributed by atoms with Gasteiger partial charge in [-0.2, -0.15) is 0 Å². The van der Waals surface area contributed by atoms with Crippen LogP contribution in [0.15, 0.2) is 10.9 Å². The van der Waals surface area contributed by atoms with Gasteiger partial charge in [-0.1, -0.05) is 20.3 Å². The van der Waals surface area contributed by atoms with E-state index in [-0.39, 0.29) is 5.91 Å². The van der Waals surface area contributed by atoms with E-state index in [4.69, 9.17) is 0 Å². The molecule has 3 aliphatic rings. The molecule has 0 N–H and O–H groups in total. The Morgan fingerprint density at radius 1 is 1.32 bits per heavy atom. The van der Waals surface area contributed by atoms with Crippen LogP contribution >= 0.6 is 11.3 Å². The van der Waals surface area contributed by atoms with E-state index in [1.807, 2.05) is 5.38 Å². The summed E-state index contributed by atoms with van der Waals surface area (Å²) in [5.41, 5.74) is 2.41. The largest absolute Gasteiger partial charge is 0.337 e. The minimum Gasteiger partial charge on any atom is -0.337 e. The first-order chi connectivity index (χ1) is 12.1. The van der Waals surface area contributed by atoms with Gasteiger partial charge in [0.25, 0.3) is 5.91 Å². The quantitative estimate of drug-likeness (QED) is 0.816. The number of carbonyl (C=O) groups is 1. The molecule has 0 spiro atoms. The zero-order chi connectivity index (χ0) is 17.4. The topological polar surface area (TPSA) is 36.4 Å². The van der Waals surface area contributed by atoms with E-state index in [2.05, 4.69) is 28.6 Å². The van der Waals surface area contributed by atoms with Crippen LogP contribution in [-0.4, -0.2) is 52.4 Å². The second kappa shape index (κ2) is 7.36. The van der Waals surface area contributed by atoms with E-state index in [0.717, 1.165) is 19.0 Å². The Bertz CT molecular complexity index is 588. The maximum atomic E-state index is 12.9. The maximum Gasteiger partial charge on any atom is 0.273 e. The molecular weight excluding hydrogens is 330 g/mol. The Balaban J connectivity index is 1.54. The molecule has 4 nitrogen and oxygen atoms in total. The van der Waals surface area contributed by atoms with Gasteiger partial charge >= 0.3 is 0 Å². The van der Waals surface area contributed by atoms with Crippen LogP contribution in [0.2, 0.25) is 0 Å². The van der Waals surface area contributed by atoms with E-state index in [9.17, 15) is 4.79 Å². The highest BCUT2D eigenvalue weighted by Gasteiger charge is 2.47. The maximum absolute atomic E-state index is 12.9. The lowest BCUT2D eigenvalue weighted by Gasteiger charge is -2.57. The van der Waals surface area contributed by atoms with Gasteiger partial charge in [-0.25, -0.2) is 4.98 Å². The van der Waals surface area contributed by atoms with Crippen LogP contribution in [0, 0.1) is 17.8 Å². The minimum absolute atomic E-state index is 0.155. The summed E-state index contributed by atoms with van der Waals surface area (Å²) in [6.07, 6.45) is 7.97. The molecule has 5 heteroatoms. The van der Waals surface area contributed by atoms with Crippen molar-refractivity contribution in [3.8, 4) is 0 Å². The van der Waals surface area contributed by atoms with Gasteiger partial charge in [0.2, 0.25) is 0 Å². The van der Waals surface area contributed by atoms with Gasteiger partial charge < -0.3 is 4.90 Å². The Hall–Kier alpha value is -0.940. The van der Waals surface area contributed by atoms with Crippen LogP contribution in [-0.2, 0) is 0 Å². The third-order valence-corrected chi connectivity index (χ3v) is 7.19. The van der Waals surface area contributed by atoms with Crippen LogP contribution in [0.4, 0.5) is 0 Å². The molecular formula is C20H31N3OS. The van der Waals surface area contributed by atoms with Crippen molar-refractivity contribution in [2.75, 3.05) is 19.6 Å². The zero-order valence-electron chi connectivity index (χ0n) is 15.6. The minimum atomic E-state index is 0.155.